The van der Waals surface area contributed by atoms with Crippen LogP contribution < -0.4 is 20.1 Å². The number of methoxy groups -OCH3 is 1. The molecule has 0 aliphatic carbocycles. The minimum Gasteiger partial charge on any atom is -0.495 e. The van der Waals surface area contributed by atoms with Crippen LogP contribution in [0, 0.1) is 13.8 Å². The molecule has 8 nitrogen and oxygen atoms in total. The maximum absolute atomic E-state index is 12.6. The summed E-state index contributed by atoms with van der Waals surface area (Å²) in [6, 6.07) is 8.14. The Morgan fingerprint density at radius 1 is 1.04 bits per heavy atom. The highest BCUT2D eigenvalue weighted by Crippen LogP contribution is 2.29. The number of hydrogen-bond donors (Lipinski definition) is 3. The SMILES string of the molecule is COc1ccc(NC(=O)c2cc(C)c(OCC(=O)O)c(C)c2)cc1NC(C)=O. The second kappa shape index (κ2) is 8.90. The lowest BCUT2D eigenvalue weighted by Gasteiger charge is -2.14. The normalized spacial score (nSPS) is 10.1. The third-order valence-corrected chi connectivity index (χ3v) is 3.83. The van der Waals surface area contributed by atoms with Crippen LogP contribution in [-0.2, 0) is 9.59 Å². The Labute approximate surface area is 162 Å². The van der Waals surface area contributed by atoms with Gasteiger partial charge in [0, 0.05) is 18.2 Å². The number of aryl methyl sites for hydroxylation is 2. The number of carbonyl (C=O) groups is 3. The number of aliphatic carboxylic acids is 1. The van der Waals surface area contributed by atoms with Crippen LogP contribution >= 0.6 is 0 Å². The number of carbonyl (C=O) groups excluding carboxylic acids is 2. The quantitative estimate of drug-likeness (QED) is 0.674. The first-order chi connectivity index (χ1) is 13.2. The standard InChI is InChI=1S/C20H22N2O6/c1-11-7-14(8-12(2)19(11)28-10-18(24)25)20(26)22-15-5-6-17(27-4)16(9-15)21-13(3)23/h5-9H,10H2,1-4H3,(H,21,23)(H,22,26)(H,24,25). The predicted molar refractivity (Wildman–Crippen MR) is 104 cm³/mol. The highest BCUT2D eigenvalue weighted by Gasteiger charge is 2.14. The van der Waals surface area contributed by atoms with Gasteiger partial charge in [0.05, 0.1) is 12.8 Å². The van der Waals surface area contributed by atoms with Crippen molar-refractivity contribution in [2.75, 3.05) is 24.4 Å². The van der Waals surface area contributed by atoms with Gasteiger partial charge in [-0.25, -0.2) is 4.79 Å². The number of nitrogens with one attached hydrogen (secondary N) is 2. The molecule has 0 aromatic heterocycles. The van der Waals surface area contributed by atoms with Crippen LogP contribution in [-0.4, -0.2) is 36.6 Å². The van der Waals surface area contributed by atoms with Gasteiger partial charge in [-0.3, -0.25) is 9.59 Å². The Morgan fingerprint density at radius 3 is 2.21 bits per heavy atom. The Morgan fingerprint density at radius 2 is 1.68 bits per heavy atom. The van der Waals surface area contributed by atoms with Crippen molar-refractivity contribution >= 4 is 29.2 Å². The number of carboxylic acids is 1. The number of ether oxygens (including phenoxy) is 2. The topological polar surface area (TPSA) is 114 Å². The summed E-state index contributed by atoms with van der Waals surface area (Å²) in [5.74, 6) is -0.772. The lowest BCUT2D eigenvalue weighted by Crippen LogP contribution is -2.15. The van der Waals surface area contributed by atoms with Crippen LogP contribution in [0.4, 0.5) is 11.4 Å². The first-order valence-corrected chi connectivity index (χ1v) is 8.44. The number of carboxylic acid groups (broad SMARTS) is 1. The molecule has 8 heteroatoms. The van der Waals surface area contributed by atoms with Crippen LogP contribution in [0.15, 0.2) is 30.3 Å². The van der Waals surface area contributed by atoms with Crippen molar-refractivity contribution in [1.29, 1.82) is 0 Å². The van der Waals surface area contributed by atoms with Gasteiger partial charge in [0.2, 0.25) is 5.91 Å². The van der Waals surface area contributed by atoms with Gasteiger partial charge >= 0.3 is 5.97 Å². The van der Waals surface area contributed by atoms with Crippen molar-refractivity contribution in [2.45, 2.75) is 20.8 Å². The number of amides is 2. The van der Waals surface area contributed by atoms with Crippen molar-refractivity contribution in [1.82, 2.24) is 0 Å². The number of anilines is 2. The molecule has 2 rings (SSSR count). The lowest BCUT2D eigenvalue weighted by atomic mass is 10.0. The summed E-state index contributed by atoms with van der Waals surface area (Å²) in [6.45, 7) is 4.40. The van der Waals surface area contributed by atoms with Gasteiger partial charge in [-0.1, -0.05) is 0 Å². The first-order valence-electron chi connectivity index (χ1n) is 8.44. The van der Waals surface area contributed by atoms with Crippen molar-refractivity contribution in [3.63, 3.8) is 0 Å². The Bertz CT molecular complexity index is 900. The van der Waals surface area contributed by atoms with Gasteiger partial charge in [-0.2, -0.15) is 0 Å². The number of benzene rings is 2. The van der Waals surface area contributed by atoms with Gasteiger partial charge in [-0.15, -0.1) is 0 Å². The third kappa shape index (κ3) is 5.23. The van der Waals surface area contributed by atoms with E-state index in [1.54, 1.807) is 44.2 Å². The average molecular weight is 386 g/mol. The van der Waals surface area contributed by atoms with Crippen LogP contribution in [0.25, 0.3) is 0 Å². The smallest absolute Gasteiger partial charge is 0.341 e. The van der Waals surface area contributed by atoms with Crippen LogP contribution in [0.5, 0.6) is 11.5 Å². The van der Waals surface area contributed by atoms with E-state index in [4.69, 9.17) is 14.6 Å². The van der Waals surface area contributed by atoms with Gasteiger partial charge in [0.25, 0.3) is 5.91 Å². The molecule has 0 radical (unpaired) electrons. The highest BCUT2D eigenvalue weighted by atomic mass is 16.5. The zero-order valence-corrected chi connectivity index (χ0v) is 16.1. The van der Waals surface area contributed by atoms with E-state index in [9.17, 15) is 14.4 Å². The second-order valence-corrected chi connectivity index (χ2v) is 6.17. The van der Waals surface area contributed by atoms with Gasteiger partial charge < -0.3 is 25.2 Å². The summed E-state index contributed by atoms with van der Waals surface area (Å²) in [7, 11) is 1.48. The van der Waals surface area contributed by atoms with E-state index in [0.29, 0.717) is 39.6 Å². The molecule has 0 fully saturated rings. The number of hydrogen-bond acceptors (Lipinski definition) is 5. The average Bonchev–Trinajstić information content (AvgIpc) is 2.60. The maximum atomic E-state index is 12.6. The Balaban J connectivity index is 2.23. The molecule has 2 aromatic rings. The Hall–Kier alpha value is -3.55. The predicted octanol–water partition coefficient (Wildman–Crippen LogP) is 2.99. The fraction of sp³-hybridized carbons (Fsp3) is 0.250. The molecule has 28 heavy (non-hydrogen) atoms. The van der Waals surface area contributed by atoms with Crippen LogP contribution in [0.1, 0.15) is 28.4 Å². The molecule has 0 bridgehead atoms. The summed E-state index contributed by atoms with van der Waals surface area (Å²) in [5, 5.41) is 14.2. The molecule has 0 spiro atoms. The zero-order valence-electron chi connectivity index (χ0n) is 16.1. The fourth-order valence-electron chi connectivity index (χ4n) is 2.72. The monoisotopic (exact) mass is 386 g/mol. The van der Waals surface area contributed by atoms with Crippen molar-refractivity contribution in [3.05, 3.63) is 47.0 Å². The Kier molecular flexibility index (Phi) is 6.59. The van der Waals surface area contributed by atoms with Crippen LogP contribution in [0.3, 0.4) is 0 Å². The molecular weight excluding hydrogens is 364 g/mol. The molecule has 0 unspecified atom stereocenters. The van der Waals surface area contributed by atoms with Crippen molar-refractivity contribution in [3.8, 4) is 11.5 Å². The van der Waals surface area contributed by atoms with E-state index >= 15 is 0 Å². The summed E-state index contributed by atoms with van der Waals surface area (Å²) < 4.78 is 10.5. The van der Waals surface area contributed by atoms with Gasteiger partial charge in [0.15, 0.2) is 6.61 Å². The third-order valence-electron chi connectivity index (χ3n) is 3.83. The first kappa shape index (κ1) is 20.8. The molecule has 0 heterocycles. The summed E-state index contributed by atoms with van der Waals surface area (Å²) in [6.07, 6.45) is 0. The molecule has 2 aromatic carbocycles. The van der Waals surface area contributed by atoms with E-state index in [-0.39, 0.29) is 11.8 Å². The van der Waals surface area contributed by atoms with Crippen molar-refractivity contribution < 1.29 is 29.0 Å². The van der Waals surface area contributed by atoms with E-state index < -0.39 is 12.6 Å². The molecule has 0 aliphatic heterocycles. The summed E-state index contributed by atoms with van der Waals surface area (Å²) in [4.78, 5) is 34.6. The molecule has 0 atom stereocenters. The summed E-state index contributed by atoms with van der Waals surface area (Å²) >= 11 is 0. The lowest BCUT2D eigenvalue weighted by molar-refractivity contribution is -0.139. The maximum Gasteiger partial charge on any atom is 0.341 e. The molecule has 0 aliphatic rings. The molecule has 2 amide bonds. The molecule has 0 saturated carbocycles. The van der Waals surface area contributed by atoms with E-state index in [1.807, 2.05) is 0 Å². The minimum atomic E-state index is -1.07. The number of rotatable bonds is 7. The largest absolute Gasteiger partial charge is 0.495 e. The molecule has 148 valence electrons. The van der Waals surface area contributed by atoms with E-state index in [2.05, 4.69) is 10.6 Å². The second-order valence-electron chi connectivity index (χ2n) is 6.17. The van der Waals surface area contributed by atoms with Crippen molar-refractivity contribution in [2.24, 2.45) is 0 Å². The fourth-order valence-corrected chi connectivity index (χ4v) is 2.72. The van der Waals surface area contributed by atoms with Gasteiger partial charge in [0.1, 0.15) is 11.5 Å². The van der Waals surface area contributed by atoms with E-state index in [1.165, 1.54) is 14.0 Å². The molecule has 0 saturated heterocycles. The molecular formula is C20H22N2O6. The minimum absolute atomic E-state index is 0.259. The van der Waals surface area contributed by atoms with E-state index in [0.717, 1.165) is 0 Å². The highest BCUT2D eigenvalue weighted by molar-refractivity contribution is 6.05. The zero-order chi connectivity index (χ0) is 20.8. The molecule has 3 N–H and O–H groups in total. The van der Waals surface area contributed by atoms with Gasteiger partial charge in [-0.05, 0) is 55.3 Å². The van der Waals surface area contributed by atoms with Crippen LogP contribution in [0.2, 0.25) is 0 Å². The summed E-state index contributed by atoms with van der Waals surface area (Å²) in [5.41, 5.74) is 2.63.